The smallest absolute Gasteiger partial charge is 0.271 e. The summed E-state index contributed by atoms with van der Waals surface area (Å²) in [5.74, 6) is 0.936. The molecule has 0 saturated carbocycles. The third-order valence-corrected chi connectivity index (χ3v) is 4.44. The van der Waals surface area contributed by atoms with E-state index in [1.54, 1.807) is 35.4 Å². The first kappa shape index (κ1) is 20.0. The Balaban J connectivity index is 1.40. The lowest BCUT2D eigenvalue weighted by molar-refractivity contribution is 0.0943. The van der Waals surface area contributed by atoms with Crippen molar-refractivity contribution in [1.29, 1.82) is 0 Å². The number of nitrogens with zero attached hydrogens (tertiary/aromatic N) is 5. The van der Waals surface area contributed by atoms with E-state index in [0.29, 0.717) is 11.6 Å². The predicted octanol–water partition coefficient (Wildman–Crippen LogP) is 1.83. The highest BCUT2D eigenvalue weighted by atomic mass is 16.5. The molecule has 0 aliphatic carbocycles. The van der Waals surface area contributed by atoms with Crippen LogP contribution in [0.4, 0.5) is 0 Å². The van der Waals surface area contributed by atoms with Crippen LogP contribution in [-0.4, -0.2) is 37.1 Å². The van der Waals surface area contributed by atoms with Crippen molar-refractivity contribution in [2.24, 2.45) is 0 Å². The number of pyridine rings is 1. The van der Waals surface area contributed by atoms with Crippen LogP contribution in [0.15, 0.2) is 84.0 Å². The van der Waals surface area contributed by atoms with Crippen LogP contribution in [0.1, 0.15) is 16.1 Å². The van der Waals surface area contributed by atoms with Gasteiger partial charge in [0.05, 0.1) is 6.54 Å². The molecule has 0 spiro atoms. The summed E-state index contributed by atoms with van der Waals surface area (Å²) in [5.41, 5.74) is 0.634. The number of carbonyl (C=O) groups excluding carboxylic acids is 1. The third kappa shape index (κ3) is 5.02. The Labute approximate surface area is 177 Å². The summed E-state index contributed by atoms with van der Waals surface area (Å²) >= 11 is 0. The fraction of sp³-hybridized carbons (Fsp3) is 0.136. The monoisotopic (exact) mass is 416 g/mol. The zero-order valence-electron chi connectivity index (χ0n) is 16.6. The molecule has 0 unspecified atom stereocenters. The molecule has 1 amide bonds. The number of amides is 1. The van der Waals surface area contributed by atoms with Gasteiger partial charge >= 0.3 is 0 Å². The second-order valence-corrected chi connectivity index (χ2v) is 6.56. The molecule has 0 fully saturated rings. The fourth-order valence-electron chi connectivity index (χ4n) is 2.93. The highest BCUT2D eigenvalue weighted by molar-refractivity contribution is 5.91. The maximum Gasteiger partial charge on any atom is 0.271 e. The SMILES string of the molecule is O=C(NCc1cccnc1-n1cccn1)c1ccc(=O)n(CCOc2ccccc2)n1. The van der Waals surface area contributed by atoms with Gasteiger partial charge in [0.1, 0.15) is 18.1 Å². The van der Waals surface area contributed by atoms with E-state index >= 15 is 0 Å². The first-order valence-corrected chi connectivity index (χ1v) is 9.69. The molecule has 156 valence electrons. The van der Waals surface area contributed by atoms with Crippen LogP contribution in [0, 0.1) is 0 Å². The number of hydrogen-bond acceptors (Lipinski definition) is 6. The standard InChI is InChI=1S/C22H20N6O3/c29-20-10-9-19(26-27(20)14-15-31-18-7-2-1-3-8-18)22(30)24-16-17-6-4-11-23-21(17)28-13-5-12-25-28/h1-13H,14-16H2,(H,24,30). The molecular formula is C22H20N6O3. The molecule has 0 radical (unpaired) electrons. The molecule has 0 bridgehead atoms. The van der Waals surface area contributed by atoms with Crippen LogP contribution in [0.2, 0.25) is 0 Å². The lowest BCUT2D eigenvalue weighted by Gasteiger charge is -2.11. The van der Waals surface area contributed by atoms with Crippen molar-refractivity contribution < 1.29 is 9.53 Å². The van der Waals surface area contributed by atoms with E-state index < -0.39 is 5.91 Å². The molecule has 9 nitrogen and oxygen atoms in total. The number of hydrogen-bond donors (Lipinski definition) is 1. The average Bonchev–Trinajstić information content (AvgIpc) is 3.34. The Morgan fingerprint density at radius 3 is 2.68 bits per heavy atom. The topological polar surface area (TPSA) is 104 Å². The number of ether oxygens (including phenoxy) is 1. The molecule has 0 aliphatic rings. The molecule has 1 aromatic carbocycles. The molecule has 1 N–H and O–H groups in total. The van der Waals surface area contributed by atoms with Crippen molar-refractivity contribution in [3.8, 4) is 11.6 Å². The number of rotatable bonds is 8. The Bertz CT molecular complexity index is 1210. The van der Waals surface area contributed by atoms with Gasteiger partial charge in [0.2, 0.25) is 0 Å². The minimum Gasteiger partial charge on any atom is -0.492 e. The Hall–Kier alpha value is -4.27. The van der Waals surface area contributed by atoms with Crippen LogP contribution in [-0.2, 0) is 13.1 Å². The van der Waals surface area contributed by atoms with Gasteiger partial charge in [-0.1, -0.05) is 24.3 Å². The van der Waals surface area contributed by atoms with Crippen molar-refractivity contribution in [2.75, 3.05) is 6.61 Å². The van der Waals surface area contributed by atoms with Crippen molar-refractivity contribution in [3.63, 3.8) is 0 Å². The summed E-state index contributed by atoms with van der Waals surface area (Å²) in [7, 11) is 0. The molecule has 3 aromatic heterocycles. The van der Waals surface area contributed by atoms with Gasteiger partial charge in [0.15, 0.2) is 5.82 Å². The zero-order valence-corrected chi connectivity index (χ0v) is 16.6. The van der Waals surface area contributed by atoms with Crippen molar-refractivity contribution in [2.45, 2.75) is 13.1 Å². The minimum absolute atomic E-state index is 0.142. The van der Waals surface area contributed by atoms with Crippen LogP contribution in [0.5, 0.6) is 5.75 Å². The predicted molar refractivity (Wildman–Crippen MR) is 113 cm³/mol. The van der Waals surface area contributed by atoms with Gasteiger partial charge in [-0.25, -0.2) is 14.3 Å². The number of benzene rings is 1. The largest absolute Gasteiger partial charge is 0.492 e. The summed E-state index contributed by atoms with van der Waals surface area (Å²) in [4.78, 5) is 29.0. The van der Waals surface area contributed by atoms with Crippen LogP contribution in [0.25, 0.3) is 5.82 Å². The van der Waals surface area contributed by atoms with Gasteiger partial charge in [0.25, 0.3) is 11.5 Å². The summed E-state index contributed by atoms with van der Waals surface area (Å²) in [6.07, 6.45) is 5.10. The van der Waals surface area contributed by atoms with Gasteiger partial charge in [-0.05, 0) is 30.3 Å². The normalized spacial score (nSPS) is 10.6. The Kier molecular flexibility index (Phi) is 6.13. The molecule has 0 aliphatic heterocycles. The first-order valence-electron chi connectivity index (χ1n) is 9.69. The Morgan fingerprint density at radius 1 is 1.00 bits per heavy atom. The zero-order chi connectivity index (χ0) is 21.5. The van der Waals surface area contributed by atoms with Crippen molar-refractivity contribution in [3.05, 3.63) is 101 Å². The van der Waals surface area contributed by atoms with E-state index in [1.165, 1.54) is 16.8 Å². The summed E-state index contributed by atoms with van der Waals surface area (Å²) in [5, 5.41) is 11.2. The van der Waals surface area contributed by atoms with Crippen LogP contribution < -0.4 is 15.6 Å². The second-order valence-electron chi connectivity index (χ2n) is 6.56. The molecule has 3 heterocycles. The summed E-state index contributed by atoms with van der Waals surface area (Å²) < 4.78 is 8.45. The molecule has 31 heavy (non-hydrogen) atoms. The fourth-order valence-corrected chi connectivity index (χ4v) is 2.93. The molecule has 4 rings (SSSR count). The molecule has 0 saturated heterocycles. The summed E-state index contributed by atoms with van der Waals surface area (Å²) in [6, 6.07) is 17.5. The van der Waals surface area contributed by atoms with Gasteiger partial charge in [0, 0.05) is 36.8 Å². The third-order valence-electron chi connectivity index (χ3n) is 4.44. The average molecular weight is 416 g/mol. The van der Waals surface area contributed by atoms with Crippen LogP contribution in [0.3, 0.4) is 0 Å². The minimum atomic E-state index is -0.395. The highest BCUT2D eigenvalue weighted by Crippen LogP contribution is 2.10. The van der Waals surface area contributed by atoms with Crippen LogP contribution >= 0.6 is 0 Å². The quantitative estimate of drug-likeness (QED) is 0.470. The van der Waals surface area contributed by atoms with Gasteiger partial charge in [-0.2, -0.15) is 10.2 Å². The van der Waals surface area contributed by atoms with Crippen molar-refractivity contribution in [1.82, 2.24) is 29.9 Å². The molecule has 0 atom stereocenters. The Morgan fingerprint density at radius 2 is 1.87 bits per heavy atom. The van der Waals surface area contributed by atoms with E-state index in [9.17, 15) is 9.59 Å². The van der Waals surface area contributed by atoms with Crippen molar-refractivity contribution >= 4 is 5.91 Å². The number of carbonyl (C=O) groups is 1. The van der Waals surface area contributed by atoms with Gasteiger partial charge in [-0.15, -0.1) is 0 Å². The number of aromatic nitrogens is 5. The maximum atomic E-state index is 12.6. The molecular weight excluding hydrogens is 396 g/mol. The first-order chi connectivity index (χ1) is 15.2. The summed E-state index contributed by atoms with van der Waals surface area (Å²) in [6.45, 7) is 0.714. The molecule has 9 heteroatoms. The number of para-hydroxylation sites is 1. The lowest BCUT2D eigenvalue weighted by Crippen LogP contribution is -2.30. The van der Waals surface area contributed by atoms with E-state index in [1.807, 2.05) is 36.4 Å². The highest BCUT2D eigenvalue weighted by Gasteiger charge is 2.12. The maximum absolute atomic E-state index is 12.6. The van der Waals surface area contributed by atoms with E-state index in [0.717, 1.165) is 5.56 Å². The second kappa shape index (κ2) is 9.49. The molecule has 4 aromatic rings. The lowest BCUT2D eigenvalue weighted by atomic mass is 10.2. The van der Waals surface area contributed by atoms with Gasteiger partial charge < -0.3 is 10.1 Å². The number of nitrogens with one attached hydrogen (secondary N) is 1. The van der Waals surface area contributed by atoms with Gasteiger partial charge in [-0.3, -0.25) is 9.59 Å². The van der Waals surface area contributed by atoms with E-state index in [2.05, 4.69) is 20.5 Å². The van der Waals surface area contributed by atoms with E-state index in [4.69, 9.17) is 4.74 Å². The van der Waals surface area contributed by atoms with E-state index in [-0.39, 0.29) is 30.9 Å².